The highest BCUT2D eigenvalue weighted by atomic mass is 31.2. The third-order valence-electron chi connectivity index (χ3n) is 3.66. The van der Waals surface area contributed by atoms with E-state index in [2.05, 4.69) is 15.3 Å². The number of fused-ring (bicyclic) bond motifs is 1. The van der Waals surface area contributed by atoms with Gasteiger partial charge in [0.2, 0.25) is 0 Å². The minimum atomic E-state index is -4.22. The second-order valence-corrected chi connectivity index (χ2v) is 7.12. The maximum Gasteiger partial charge on any atom is 0.362 e. The predicted octanol–water partition coefficient (Wildman–Crippen LogP) is 2.90. The molecule has 2 aromatic carbocycles. The Balaban J connectivity index is 1.85. The molecule has 0 unspecified atom stereocenters. The highest BCUT2D eigenvalue weighted by Gasteiger charge is 2.14. The highest BCUT2D eigenvalue weighted by Crippen LogP contribution is 2.36. The number of benzene rings is 2. The summed E-state index contributed by atoms with van der Waals surface area (Å²) < 4.78 is 26.5. The van der Waals surface area contributed by atoms with Crippen molar-refractivity contribution in [2.24, 2.45) is 0 Å². The number of nitrogens with one attached hydrogen (secondary N) is 1. The van der Waals surface area contributed by atoms with Gasteiger partial charge in [-0.3, -0.25) is 4.57 Å². The van der Waals surface area contributed by atoms with Crippen molar-refractivity contribution in [3.63, 3.8) is 0 Å². The lowest BCUT2D eigenvalue weighted by Gasteiger charge is -2.12. The zero-order valence-corrected chi connectivity index (χ0v) is 15.5. The maximum absolute atomic E-state index is 10.9. The van der Waals surface area contributed by atoms with Crippen molar-refractivity contribution in [2.45, 2.75) is 0 Å². The van der Waals surface area contributed by atoms with Crippen LogP contribution in [-0.4, -0.2) is 40.3 Å². The summed E-state index contributed by atoms with van der Waals surface area (Å²) >= 11 is 0. The molecule has 9 nitrogen and oxygen atoms in total. The second kappa shape index (κ2) is 7.79. The Morgan fingerprint density at radius 1 is 1.04 bits per heavy atom. The minimum Gasteiger partial charge on any atom is -0.493 e. The lowest BCUT2D eigenvalue weighted by molar-refractivity contribution is 0.300. The molecule has 10 heteroatoms. The van der Waals surface area contributed by atoms with Gasteiger partial charge in [0.05, 0.1) is 19.7 Å². The average Bonchev–Trinajstić information content (AvgIpc) is 2.66. The third-order valence-corrected chi connectivity index (χ3v) is 4.12. The van der Waals surface area contributed by atoms with Crippen molar-refractivity contribution in [3.05, 3.63) is 42.7 Å². The summed E-state index contributed by atoms with van der Waals surface area (Å²) in [5, 5.41) is 3.93. The zero-order chi connectivity index (χ0) is 19.4. The number of methoxy groups -OCH3 is 2. The summed E-state index contributed by atoms with van der Waals surface area (Å²) in [6, 6.07) is 10.2. The standard InChI is InChI=1S/C17H18N3O6P/c1-24-15-7-13-14(8-16(15)25-2)18-9-19-17(13)20-11-3-5-12(6-4-11)26-10-27(21,22)23/h3-9H,10H2,1-2H3,(H,18,19,20)(H2,21,22,23). The van der Waals surface area contributed by atoms with E-state index in [0.29, 0.717) is 34.3 Å². The van der Waals surface area contributed by atoms with E-state index < -0.39 is 13.9 Å². The Morgan fingerprint density at radius 2 is 1.70 bits per heavy atom. The molecule has 0 saturated heterocycles. The predicted molar refractivity (Wildman–Crippen MR) is 99.9 cm³/mol. The van der Waals surface area contributed by atoms with Crippen LogP contribution in [0.15, 0.2) is 42.7 Å². The first-order valence-electron chi connectivity index (χ1n) is 7.81. The molecule has 3 N–H and O–H groups in total. The van der Waals surface area contributed by atoms with Crippen molar-refractivity contribution in [3.8, 4) is 17.2 Å². The highest BCUT2D eigenvalue weighted by molar-refractivity contribution is 7.51. The van der Waals surface area contributed by atoms with Gasteiger partial charge in [-0.05, 0) is 30.3 Å². The van der Waals surface area contributed by atoms with Gasteiger partial charge in [0, 0.05) is 17.1 Å². The second-order valence-electron chi connectivity index (χ2n) is 5.53. The molecule has 0 radical (unpaired) electrons. The number of aromatic nitrogens is 2. The van der Waals surface area contributed by atoms with Crippen molar-refractivity contribution in [1.82, 2.24) is 9.97 Å². The van der Waals surface area contributed by atoms with Gasteiger partial charge in [-0.2, -0.15) is 0 Å². The summed E-state index contributed by atoms with van der Waals surface area (Å²) in [6.07, 6.45) is 0.770. The lowest BCUT2D eigenvalue weighted by atomic mass is 10.2. The van der Waals surface area contributed by atoms with E-state index >= 15 is 0 Å². The molecule has 1 aromatic heterocycles. The van der Waals surface area contributed by atoms with Crippen LogP contribution in [0.2, 0.25) is 0 Å². The van der Waals surface area contributed by atoms with Gasteiger partial charge in [0.15, 0.2) is 17.8 Å². The molecule has 1 heterocycles. The molecular weight excluding hydrogens is 373 g/mol. The molecule has 0 aliphatic carbocycles. The summed E-state index contributed by atoms with van der Waals surface area (Å²) in [5.74, 6) is 2.05. The molecule has 3 rings (SSSR count). The SMILES string of the molecule is COc1cc2ncnc(Nc3ccc(OCP(=O)(O)O)cc3)c2cc1OC. The number of hydrogen-bond acceptors (Lipinski definition) is 7. The van der Waals surface area contributed by atoms with Gasteiger partial charge >= 0.3 is 7.60 Å². The van der Waals surface area contributed by atoms with Crippen LogP contribution in [-0.2, 0) is 4.57 Å². The quantitative estimate of drug-likeness (QED) is 0.522. The van der Waals surface area contributed by atoms with Crippen LogP contribution >= 0.6 is 7.60 Å². The van der Waals surface area contributed by atoms with E-state index in [9.17, 15) is 4.57 Å². The number of ether oxygens (including phenoxy) is 3. The van der Waals surface area contributed by atoms with Crippen molar-refractivity contribution >= 4 is 30.0 Å². The van der Waals surface area contributed by atoms with Crippen LogP contribution in [0, 0.1) is 0 Å². The molecule has 142 valence electrons. The van der Waals surface area contributed by atoms with Crippen LogP contribution in [0.1, 0.15) is 0 Å². The Kier molecular flexibility index (Phi) is 5.46. The fraction of sp³-hybridized carbons (Fsp3) is 0.176. The molecule has 3 aromatic rings. The van der Waals surface area contributed by atoms with Crippen LogP contribution in [0.5, 0.6) is 17.2 Å². The van der Waals surface area contributed by atoms with E-state index in [1.165, 1.54) is 6.33 Å². The van der Waals surface area contributed by atoms with Gasteiger partial charge in [-0.1, -0.05) is 0 Å². The summed E-state index contributed by atoms with van der Waals surface area (Å²) in [5.41, 5.74) is 1.40. The number of nitrogens with zero attached hydrogens (tertiary/aromatic N) is 2. The number of hydrogen-bond donors (Lipinski definition) is 3. The molecule has 0 spiro atoms. The minimum absolute atomic E-state index is 0.350. The molecule has 0 atom stereocenters. The van der Waals surface area contributed by atoms with E-state index in [1.807, 2.05) is 0 Å². The van der Waals surface area contributed by atoms with Crippen LogP contribution in [0.4, 0.5) is 11.5 Å². The number of rotatable bonds is 7. The fourth-order valence-corrected chi connectivity index (χ4v) is 2.73. The van der Waals surface area contributed by atoms with E-state index in [-0.39, 0.29) is 0 Å². The Hall–Kier alpha value is -2.87. The molecule has 27 heavy (non-hydrogen) atoms. The Morgan fingerprint density at radius 3 is 2.33 bits per heavy atom. The zero-order valence-electron chi connectivity index (χ0n) is 14.6. The molecule has 0 aliphatic rings. The topological polar surface area (TPSA) is 123 Å². The first-order valence-corrected chi connectivity index (χ1v) is 9.60. The van der Waals surface area contributed by atoms with Crippen molar-refractivity contribution in [2.75, 3.05) is 25.9 Å². The van der Waals surface area contributed by atoms with E-state index in [1.54, 1.807) is 50.6 Å². The lowest BCUT2D eigenvalue weighted by Crippen LogP contribution is -1.99. The molecule has 0 fully saturated rings. The molecule has 0 amide bonds. The van der Waals surface area contributed by atoms with Gasteiger partial charge in [-0.15, -0.1) is 0 Å². The van der Waals surface area contributed by atoms with Gasteiger partial charge in [0.1, 0.15) is 17.9 Å². The van der Waals surface area contributed by atoms with E-state index in [4.69, 9.17) is 24.0 Å². The summed E-state index contributed by atoms with van der Waals surface area (Å²) in [7, 11) is -1.11. The largest absolute Gasteiger partial charge is 0.493 e. The smallest absolute Gasteiger partial charge is 0.362 e. The Bertz CT molecular complexity index is 990. The average molecular weight is 391 g/mol. The van der Waals surface area contributed by atoms with Gasteiger partial charge in [0.25, 0.3) is 0 Å². The number of anilines is 2. The molecule has 0 bridgehead atoms. The van der Waals surface area contributed by atoms with Gasteiger partial charge < -0.3 is 29.3 Å². The van der Waals surface area contributed by atoms with Crippen molar-refractivity contribution in [1.29, 1.82) is 0 Å². The monoisotopic (exact) mass is 391 g/mol. The van der Waals surface area contributed by atoms with Crippen molar-refractivity contribution < 1.29 is 28.6 Å². The first-order chi connectivity index (χ1) is 12.9. The first kappa shape index (κ1) is 18.9. The summed E-state index contributed by atoms with van der Waals surface area (Å²) in [6.45, 7) is 0. The maximum atomic E-state index is 10.9. The third kappa shape index (κ3) is 4.65. The molecule has 0 aliphatic heterocycles. The van der Waals surface area contributed by atoms with E-state index in [0.717, 1.165) is 5.39 Å². The summed E-state index contributed by atoms with van der Waals surface area (Å²) in [4.78, 5) is 26.2. The normalized spacial score (nSPS) is 11.3. The molecule has 0 saturated carbocycles. The van der Waals surface area contributed by atoms with Crippen LogP contribution < -0.4 is 19.5 Å². The fourth-order valence-electron chi connectivity index (χ4n) is 2.41. The van der Waals surface area contributed by atoms with Crippen LogP contribution in [0.3, 0.4) is 0 Å². The Labute approximate surface area is 155 Å². The van der Waals surface area contributed by atoms with Crippen LogP contribution in [0.25, 0.3) is 10.9 Å². The van der Waals surface area contributed by atoms with Gasteiger partial charge in [-0.25, -0.2) is 9.97 Å². The molecular formula is C17H18N3O6P.